The van der Waals surface area contributed by atoms with Gasteiger partial charge in [0.2, 0.25) is 5.91 Å². The number of aryl methyl sites for hydroxylation is 1. The monoisotopic (exact) mass is 489 g/mol. The molecule has 0 spiro atoms. The summed E-state index contributed by atoms with van der Waals surface area (Å²) in [5.41, 5.74) is 4.49. The van der Waals surface area contributed by atoms with Crippen molar-refractivity contribution in [1.29, 1.82) is 0 Å². The van der Waals surface area contributed by atoms with Gasteiger partial charge in [0.25, 0.3) is 5.22 Å². The zero-order chi connectivity index (χ0) is 23.2. The highest BCUT2D eigenvalue weighted by Gasteiger charge is 2.33. The minimum absolute atomic E-state index is 0.0715. The first-order chi connectivity index (χ1) is 15.8. The predicted octanol–water partition coefficient (Wildman–Crippen LogP) is 2.44. The van der Waals surface area contributed by atoms with Crippen LogP contribution in [-0.4, -0.2) is 77.4 Å². The summed E-state index contributed by atoms with van der Waals surface area (Å²) in [5, 5.41) is 5.19. The third-order valence-electron chi connectivity index (χ3n) is 6.38. The Kier molecular flexibility index (Phi) is 5.86. The van der Waals surface area contributed by atoms with E-state index in [1.165, 1.54) is 11.8 Å². The predicted molar refractivity (Wildman–Crippen MR) is 128 cm³/mol. The number of anilines is 1. The molecule has 0 saturated carbocycles. The van der Waals surface area contributed by atoms with Crippen molar-refractivity contribution in [3.05, 3.63) is 35.7 Å². The summed E-state index contributed by atoms with van der Waals surface area (Å²) in [5.74, 6) is 0.753. The fourth-order valence-corrected chi connectivity index (χ4v) is 7.18. The molecule has 0 bridgehead atoms. The molecule has 1 unspecified atom stereocenters. The van der Waals surface area contributed by atoms with Gasteiger partial charge in [-0.25, -0.2) is 13.4 Å². The minimum Gasteiger partial charge on any atom is -0.431 e. The van der Waals surface area contributed by atoms with Gasteiger partial charge >= 0.3 is 0 Å². The number of hydrogen-bond donors (Lipinski definition) is 0. The van der Waals surface area contributed by atoms with Gasteiger partial charge in [0.05, 0.1) is 40.4 Å². The van der Waals surface area contributed by atoms with E-state index in [2.05, 4.69) is 15.0 Å². The Morgan fingerprint density at radius 2 is 1.94 bits per heavy atom. The summed E-state index contributed by atoms with van der Waals surface area (Å²) >= 11 is 1.32. The average molecular weight is 490 g/mol. The molecule has 2 aromatic heterocycles. The molecule has 0 aliphatic carbocycles. The van der Waals surface area contributed by atoms with Gasteiger partial charge in [-0.1, -0.05) is 23.9 Å². The van der Waals surface area contributed by atoms with Crippen molar-refractivity contribution >= 4 is 44.3 Å². The Morgan fingerprint density at radius 1 is 1.18 bits per heavy atom. The minimum atomic E-state index is -2.97. The Balaban J connectivity index is 1.19. The highest BCUT2D eigenvalue weighted by Crippen LogP contribution is 2.32. The van der Waals surface area contributed by atoms with Gasteiger partial charge in [-0.3, -0.25) is 9.48 Å². The molecule has 1 atom stereocenters. The van der Waals surface area contributed by atoms with Gasteiger partial charge < -0.3 is 14.2 Å². The average Bonchev–Trinajstić information content (AvgIpc) is 3.46. The second-order valence-electron chi connectivity index (χ2n) is 8.62. The molecule has 2 fully saturated rings. The van der Waals surface area contributed by atoms with Crippen LogP contribution in [0.15, 0.2) is 33.9 Å². The Bertz CT molecular complexity index is 1260. The molecule has 1 amide bonds. The van der Waals surface area contributed by atoms with Gasteiger partial charge in [-0.05, 0) is 32.4 Å². The van der Waals surface area contributed by atoms with E-state index in [1.807, 2.05) is 47.7 Å². The van der Waals surface area contributed by atoms with Gasteiger partial charge in [-0.15, -0.1) is 0 Å². The van der Waals surface area contributed by atoms with E-state index < -0.39 is 9.84 Å². The first kappa shape index (κ1) is 22.3. The third kappa shape index (κ3) is 4.48. The van der Waals surface area contributed by atoms with Crippen LogP contribution in [0.2, 0.25) is 0 Å². The summed E-state index contributed by atoms with van der Waals surface area (Å²) in [6, 6.07) is 7.48. The molecule has 9 nitrogen and oxygen atoms in total. The van der Waals surface area contributed by atoms with E-state index in [4.69, 9.17) is 4.42 Å². The molecule has 1 aromatic carbocycles. The van der Waals surface area contributed by atoms with Gasteiger partial charge in [-0.2, -0.15) is 5.10 Å². The Labute approximate surface area is 197 Å². The number of thioether (sulfide) groups is 1. The van der Waals surface area contributed by atoms with Crippen molar-refractivity contribution < 1.29 is 17.6 Å². The van der Waals surface area contributed by atoms with E-state index >= 15 is 0 Å². The number of nitrogens with zero attached hydrogens (tertiary/aromatic N) is 5. The lowest BCUT2D eigenvalue weighted by molar-refractivity contribution is -0.128. The number of amides is 1. The zero-order valence-electron chi connectivity index (χ0n) is 18.7. The van der Waals surface area contributed by atoms with Crippen molar-refractivity contribution in [3.63, 3.8) is 0 Å². The van der Waals surface area contributed by atoms with Crippen LogP contribution in [0.1, 0.15) is 23.9 Å². The molecule has 5 rings (SSSR count). The van der Waals surface area contributed by atoms with Crippen LogP contribution >= 0.6 is 11.8 Å². The van der Waals surface area contributed by atoms with E-state index in [0.29, 0.717) is 30.5 Å². The largest absolute Gasteiger partial charge is 0.431 e. The molecule has 11 heteroatoms. The van der Waals surface area contributed by atoms with Gasteiger partial charge in [0, 0.05) is 26.2 Å². The maximum Gasteiger partial charge on any atom is 0.257 e. The van der Waals surface area contributed by atoms with E-state index in [-0.39, 0.29) is 23.5 Å². The number of oxazole rings is 1. The summed E-state index contributed by atoms with van der Waals surface area (Å²) < 4.78 is 31.4. The number of piperazine rings is 1. The van der Waals surface area contributed by atoms with Crippen LogP contribution in [0.25, 0.3) is 11.1 Å². The number of sulfone groups is 1. The van der Waals surface area contributed by atoms with Gasteiger partial charge in [0.15, 0.2) is 15.4 Å². The number of carbonyl (C=O) groups is 1. The van der Waals surface area contributed by atoms with Crippen molar-refractivity contribution in [2.24, 2.45) is 0 Å². The number of fused-ring (bicyclic) bond motifs is 1. The Morgan fingerprint density at radius 3 is 2.64 bits per heavy atom. The topological polar surface area (TPSA) is 102 Å². The number of carbonyl (C=O) groups excluding carboxylic acids is 1. The van der Waals surface area contributed by atoms with Crippen LogP contribution in [0, 0.1) is 13.8 Å². The molecule has 0 radical (unpaired) electrons. The molecule has 176 valence electrons. The van der Waals surface area contributed by atoms with Crippen LogP contribution in [0.4, 0.5) is 5.69 Å². The van der Waals surface area contributed by atoms with Crippen molar-refractivity contribution in [1.82, 2.24) is 19.7 Å². The lowest BCUT2D eigenvalue weighted by Crippen LogP contribution is -2.49. The fraction of sp³-hybridized carbons (Fsp3) is 0.500. The van der Waals surface area contributed by atoms with Crippen molar-refractivity contribution in [2.45, 2.75) is 31.5 Å². The number of para-hydroxylation sites is 2. The van der Waals surface area contributed by atoms with Crippen LogP contribution in [0.5, 0.6) is 0 Å². The van der Waals surface area contributed by atoms with Crippen LogP contribution in [-0.2, 0) is 14.6 Å². The molecule has 2 saturated heterocycles. The fourth-order valence-electron chi connectivity index (χ4n) is 4.74. The van der Waals surface area contributed by atoms with Crippen molar-refractivity contribution in [3.8, 4) is 0 Å². The quantitative estimate of drug-likeness (QED) is 0.504. The SMILES string of the molecule is Cc1nn(C2CCS(=O)(=O)C2)c(C)c1N1CCN(C(=O)CSc2nc3ccccc3o2)CC1. The summed E-state index contributed by atoms with van der Waals surface area (Å²) in [7, 11) is -2.97. The molecule has 3 aromatic rings. The lowest BCUT2D eigenvalue weighted by atomic mass is 10.2. The normalized spacial score (nSPS) is 20.6. The second kappa shape index (κ2) is 8.68. The molecule has 4 heterocycles. The highest BCUT2D eigenvalue weighted by atomic mass is 32.2. The lowest BCUT2D eigenvalue weighted by Gasteiger charge is -2.36. The van der Waals surface area contributed by atoms with Gasteiger partial charge in [0.1, 0.15) is 5.52 Å². The number of aromatic nitrogens is 3. The van der Waals surface area contributed by atoms with Crippen LogP contribution in [0.3, 0.4) is 0 Å². The summed E-state index contributed by atoms with van der Waals surface area (Å²) in [4.78, 5) is 21.3. The maximum atomic E-state index is 12.7. The first-order valence-electron chi connectivity index (χ1n) is 11.1. The van der Waals surface area contributed by atoms with Crippen molar-refractivity contribution in [2.75, 3.05) is 48.3 Å². The van der Waals surface area contributed by atoms with E-state index in [1.54, 1.807) is 0 Å². The number of hydrogen-bond acceptors (Lipinski definition) is 8. The molecular weight excluding hydrogens is 462 g/mol. The second-order valence-corrected chi connectivity index (χ2v) is 11.8. The summed E-state index contributed by atoms with van der Waals surface area (Å²) in [6.07, 6.45) is 0.615. The molecule has 0 N–H and O–H groups in total. The molecular formula is C22H27N5O4S2. The highest BCUT2D eigenvalue weighted by molar-refractivity contribution is 7.99. The Hall–Kier alpha value is -2.53. The number of rotatable bonds is 5. The molecule has 2 aliphatic heterocycles. The maximum absolute atomic E-state index is 12.7. The van der Waals surface area contributed by atoms with Crippen LogP contribution < -0.4 is 4.90 Å². The molecule has 2 aliphatic rings. The first-order valence-corrected chi connectivity index (χ1v) is 13.9. The standard InChI is InChI=1S/C22H27N5O4S2/c1-15-21(16(2)27(24-15)17-7-12-33(29,30)14-17)26-10-8-25(9-11-26)20(28)13-32-22-23-18-5-3-4-6-19(18)31-22/h3-6,17H,7-14H2,1-2H3. The van der Waals surface area contributed by atoms with E-state index in [9.17, 15) is 13.2 Å². The smallest absolute Gasteiger partial charge is 0.257 e. The molecule has 33 heavy (non-hydrogen) atoms. The number of benzene rings is 1. The van der Waals surface area contributed by atoms with E-state index in [0.717, 1.165) is 41.3 Å². The zero-order valence-corrected chi connectivity index (χ0v) is 20.4. The third-order valence-corrected chi connectivity index (χ3v) is 8.95. The summed E-state index contributed by atoms with van der Waals surface area (Å²) in [6.45, 7) is 6.68.